The average Bonchev–Trinajstić information content (AvgIpc) is 3.23. The van der Waals surface area contributed by atoms with Crippen LogP contribution in [0.2, 0.25) is 0 Å². The van der Waals surface area contributed by atoms with Crippen LogP contribution in [0.15, 0.2) is 73.6 Å². The lowest BCUT2D eigenvalue weighted by Crippen LogP contribution is -2.25. The second kappa shape index (κ2) is 8.63. The lowest BCUT2D eigenvalue weighted by atomic mass is 10.1. The number of para-hydroxylation sites is 1. The molecule has 142 valence electrons. The second-order valence-electron chi connectivity index (χ2n) is 6.88. The van der Waals surface area contributed by atoms with Gasteiger partial charge in [-0.1, -0.05) is 24.3 Å². The Balaban J connectivity index is 1.49. The van der Waals surface area contributed by atoms with Crippen molar-refractivity contribution in [3.8, 4) is 5.75 Å². The van der Waals surface area contributed by atoms with Crippen molar-refractivity contribution in [2.75, 3.05) is 6.54 Å². The van der Waals surface area contributed by atoms with Gasteiger partial charge in [0.15, 0.2) is 0 Å². The number of fused-ring (bicyclic) bond motifs is 1. The van der Waals surface area contributed by atoms with Crippen LogP contribution in [-0.2, 0) is 19.6 Å². The van der Waals surface area contributed by atoms with Gasteiger partial charge in [-0.25, -0.2) is 9.97 Å². The van der Waals surface area contributed by atoms with E-state index in [4.69, 9.17) is 4.98 Å². The Hall–Kier alpha value is -3.25. The highest BCUT2D eigenvalue weighted by Gasteiger charge is 2.10. The van der Waals surface area contributed by atoms with Crippen LogP contribution < -0.4 is 0 Å². The van der Waals surface area contributed by atoms with Gasteiger partial charge < -0.3 is 9.67 Å². The minimum absolute atomic E-state index is 0.221. The maximum absolute atomic E-state index is 10.1. The molecule has 6 heteroatoms. The largest absolute Gasteiger partial charge is 0.506 e. The van der Waals surface area contributed by atoms with E-state index in [1.54, 1.807) is 18.5 Å². The van der Waals surface area contributed by atoms with Crippen LogP contribution in [-0.4, -0.2) is 36.1 Å². The molecule has 6 nitrogen and oxygen atoms in total. The Labute approximate surface area is 164 Å². The number of nitrogens with zero attached hydrogens (tertiary/aromatic N) is 5. The molecule has 1 N–H and O–H groups in total. The van der Waals surface area contributed by atoms with Gasteiger partial charge in [-0.2, -0.15) is 0 Å². The lowest BCUT2D eigenvalue weighted by Gasteiger charge is -2.22. The molecule has 0 aliphatic rings. The zero-order chi connectivity index (χ0) is 19.2. The summed E-state index contributed by atoms with van der Waals surface area (Å²) in [4.78, 5) is 15.4. The van der Waals surface area contributed by atoms with Gasteiger partial charge in [-0.15, -0.1) is 0 Å². The summed E-state index contributed by atoms with van der Waals surface area (Å²) in [6, 6.07) is 13.6. The summed E-state index contributed by atoms with van der Waals surface area (Å²) in [6.07, 6.45) is 10.3. The molecule has 0 amide bonds. The zero-order valence-corrected chi connectivity index (χ0v) is 15.6. The van der Waals surface area contributed by atoms with Gasteiger partial charge in [0.05, 0.1) is 12.0 Å². The van der Waals surface area contributed by atoms with E-state index in [9.17, 15) is 5.11 Å². The number of aromatic hydroxyl groups is 1. The summed E-state index contributed by atoms with van der Waals surface area (Å²) in [5.74, 6) is 0.221. The fourth-order valence-corrected chi connectivity index (χ4v) is 3.35. The Morgan fingerprint density at radius 3 is 2.75 bits per heavy atom. The number of hydrogen-bond acceptors (Lipinski definition) is 5. The van der Waals surface area contributed by atoms with E-state index in [0.29, 0.717) is 12.1 Å². The number of benzene rings is 1. The zero-order valence-electron chi connectivity index (χ0n) is 15.6. The molecular weight excluding hydrogens is 350 g/mol. The molecule has 0 unspecified atom stereocenters. The van der Waals surface area contributed by atoms with Crippen molar-refractivity contribution in [3.05, 3.63) is 84.8 Å². The number of phenolic OH excluding ortho intramolecular Hbond substituents is 1. The minimum atomic E-state index is 0.221. The predicted octanol–water partition coefficient (Wildman–Crippen LogP) is 3.62. The lowest BCUT2D eigenvalue weighted by molar-refractivity contribution is 0.245. The minimum Gasteiger partial charge on any atom is -0.506 e. The topological polar surface area (TPSA) is 67.1 Å². The Morgan fingerprint density at radius 2 is 1.93 bits per heavy atom. The molecule has 0 aliphatic carbocycles. The quantitative estimate of drug-likeness (QED) is 0.511. The molecule has 0 atom stereocenters. The summed E-state index contributed by atoms with van der Waals surface area (Å²) in [5, 5.41) is 11.1. The van der Waals surface area contributed by atoms with Crippen LogP contribution in [0, 0.1) is 0 Å². The fourth-order valence-electron chi connectivity index (χ4n) is 3.35. The molecule has 0 aliphatic heterocycles. The Morgan fingerprint density at radius 1 is 0.964 bits per heavy atom. The Bertz CT molecular complexity index is 1020. The maximum Gasteiger partial charge on any atom is 0.141 e. The van der Waals surface area contributed by atoms with Gasteiger partial charge in [0, 0.05) is 56.4 Å². The molecule has 4 rings (SSSR count). The molecule has 0 bridgehead atoms. The van der Waals surface area contributed by atoms with Crippen molar-refractivity contribution in [2.45, 2.75) is 26.1 Å². The van der Waals surface area contributed by atoms with Gasteiger partial charge in [0.25, 0.3) is 0 Å². The summed E-state index contributed by atoms with van der Waals surface area (Å²) in [7, 11) is 0. The van der Waals surface area contributed by atoms with Gasteiger partial charge >= 0.3 is 0 Å². The summed E-state index contributed by atoms with van der Waals surface area (Å²) < 4.78 is 2.09. The van der Waals surface area contributed by atoms with Crippen LogP contribution in [0.3, 0.4) is 0 Å². The monoisotopic (exact) mass is 373 g/mol. The second-order valence-corrected chi connectivity index (χ2v) is 6.88. The van der Waals surface area contributed by atoms with Gasteiger partial charge in [0.1, 0.15) is 11.3 Å². The maximum atomic E-state index is 10.1. The van der Waals surface area contributed by atoms with Gasteiger partial charge in [0.2, 0.25) is 0 Å². The first-order valence-electron chi connectivity index (χ1n) is 9.42. The van der Waals surface area contributed by atoms with Crippen molar-refractivity contribution in [3.63, 3.8) is 0 Å². The third-order valence-electron chi connectivity index (χ3n) is 4.72. The highest BCUT2D eigenvalue weighted by atomic mass is 16.3. The molecule has 0 fully saturated rings. The van der Waals surface area contributed by atoms with E-state index in [0.717, 1.165) is 37.1 Å². The number of phenols is 1. The number of aryl methyl sites for hydroxylation is 1. The van der Waals surface area contributed by atoms with Crippen LogP contribution in [0.4, 0.5) is 0 Å². The van der Waals surface area contributed by atoms with Gasteiger partial charge in [-0.3, -0.25) is 9.88 Å². The van der Waals surface area contributed by atoms with E-state index in [1.807, 2.05) is 49.1 Å². The Kier molecular flexibility index (Phi) is 5.58. The molecule has 0 saturated carbocycles. The van der Waals surface area contributed by atoms with Crippen molar-refractivity contribution in [1.29, 1.82) is 0 Å². The van der Waals surface area contributed by atoms with Crippen molar-refractivity contribution < 1.29 is 5.11 Å². The van der Waals surface area contributed by atoms with E-state index >= 15 is 0 Å². The summed E-state index contributed by atoms with van der Waals surface area (Å²) >= 11 is 0. The number of rotatable bonds is 8. The number of imidazole rings is 1. The SMILES string of the molecule is Oc1cccc2ccc(CN(CCCn3ccnc3)Cc3cccnc3)nc12. The van der Waals surface area contributed by atoms with Crippen molar-refractivity contribution >= 4 is 10.9 Å². The van der Waals surface area contributed by atoms with E-state index in [1.165, 1.54) is 5.56 Å². The van der Waals surface area contributed by atoms with E-state index in [-0.39, 0.29) is 5.75 Å². The van der Waals surface area contributed by atoms with E-state index < -0.39 is 0 Å². The molecule has 3 heterocycles. The van der Waals surface area contributed by atoms with Crippen LogP contribution >= 0.6 is 0 Å². The standard InChI is InChI=1S/C22H23N5O/c28-21-6-1-5-19-7-8-20(25-22(19)21)16-27(15-18-4-2-9-23-14-18)12-3-11-26-13-10-24-17-26/h1-2,4-10,13-14,17,28H,3,11-12,15-16H2. The van der Waals surface area contributed by atoms with Crippen molar-refractivity contribution in [1.82, 2.24) is 24.4 Å². The smallest absolute Gasteiger partial charge is 0.141 e. The first-order valence-corrected chi connectivity index (χ1v) is 9.42. The van der Waals surface area contributed by atoms with E-state index in [2.05, 4.69) is 25.5 Å². The number of aromatic nitrogens is 4. The highest BCUT2D eigenvalue weighted by Crippen LogP contribution is 2.23. The summed E-state index contributed by atoms with van der Waals surface area (Å²) in [6.45, 7) is 3.37. The van der Waals surface area contributed by atoms with Crippen LogP contribution in [0.25, 0.3) is 10.9 Å². The molecular formula is C22H23N5O. The first-order chi connectivity index (χ1) is 13.8. The fraction of sp³-hybridized carbons (Fsp3) is 0.227. The summed E-state index contributed by atoms with van der Waals surface area (Å²) in [5.41, 5.74) is 2.77. The number of pyridine rings is 2. The van der Waals surface area contributed by atoms with Crippen LogP contribution in [0.1, 0.15) is 17.7 Å². The third kappa shape index (κ3) is 4.53. The third-order valence-corrected chi connectivity index (χ3v) is 4.72. The molecule has 0 spiro atoms. The first kappa shape index (κ1) is 18.1. The predicted molar refractivity (Wildman–Crippen MR) is 109 cm³/mol. The highest BCUT2D eigenvalue weighted by molar-refractivity contribution is 5.84. The molecule has 28 heavy (non-hydrogen) atoms. The average molecular weight is 373 g/mol. The number of hydrogen-bond donors (Lipinski definition) is 1. The van der Waals surface area contributed by atoms with Crippen molar-refractivity contribution in [2.24, 2.45) is 0 Å². The van der Waals surface area contributed by atoms with Crippen LogP contribution in [0.5, 0.6) is 5.75 Å². The molecule has 0 radical (unpaired) electrons. The normalized spacial score (nSPS) is 11.3. The molecule has 4 aromatic rings. The van der Waals surface area contributed by atoms with Gasteiger partial charge in [-0.05, 0) is 30.2 Å². The molecule has 3 aromatic heterocycles. The molecule has 0 saturated heterocycles. The molecule has 1 aromatic carbocycles.